The Balaban J connectivity index is 1.66. The van der Waals surface area contributed by atoms with Gasteiger partial charge in [-0.25, -0.2) is 4.79 Å². The Labute approximate surface area is 176 Å². The highest BCUT2D eigenvalue weighted by Crippen LogP contribution is 2.33. The van der Waals surface area contributed by atoms with Gasteiger partial charge in [0.2, 0.25) is 0 Å². The number of aliphatic hydroxyl groups is 1. The van der Waals surface area contributed by atoms with Crippen molar-refractivity contribution in [3.05, 3.63) is 70.7 Å². The summed E-state index contributed by atoms with van der Waals surface area (Å²) in [4.78, 5) is 28.8. The van der Waals surface area contributed by atoms with Gasteiger partial charge in [-0.15, -0.1) is 0 Å². The summed E-state index contributed by atoms with van der Waals surface area (Å²) in [6, 6.07) is 16.3. The molecule has 1 fully saturated rings. The quantitative estimate of drug-likeness (QED) is 0.650. The number of nitrogens with zero attached hydrogens (tertiary/aromatic N) is 2. The van der Waals surface area contributed by atoms with Crippen molar-refractivity contribution in [3.8, 4) is 0 Å². The number of nitrogens with one attached hydrogen (secondary N) is 1. The van der Waals surface area contributed by atoms with Gasteiger partial charge < -0.3 is 10.4 Å². The van der Waals surface area contributed by atoms with E-state index in [1.165, 1.54) is 0 Å². The van der Waals surface area contributed by atoms with E-state index in [9.17, 15) is 14.7 Å². The van der Waals surface area contributed by atoms with Crippen molar-refractivity contribution in [2.24, 2.45) is 0 Å². The number of carbonyl (C=O) groups is 2. The Bertz CT molecular complexity index is 859. The number of urea groups is 1. The van der Waals surface area contributed by atoms with E-state index < -0.39 is 17.7 Å². The normalized spacial score (nSPS) is 20.2. The molecule has 6 nitrogen and oxygen atoms in total. The highest BCUT2D eigenvalue weighted by Gasteiger charge is 2.51. The predicted molar refractivity (Wildman–Crippen MR) is 112 cm³/mol. The van der Waals surface area contributed by atoms with Gasteiger partial charge in [0.05, 0.1) is 12.6 Å². The molecule has 0 aromatic heterocycles. The maximum Gasteiger partial charge on any atom is 0.325 e. The van der Waals surface area contributed by atoms with Gasteiger partial charge in [0.25, 0.3) is 5.91 Å². The molecule has 0 bridgehead atoms. The zero-order chi connectivity index (χ0) is 21.0. The average molecular weight is 416 g/mol. The molecule has 1 heterocycles. The van der Waals surface area contributed by atoms with Crippen molar-refractivity contribution in [2.45, 2.75) is 31.5 Å². The van der Waals surface area contributed by atoms with Crippen LogP contribution in [0.15, 0.2) is 54.6 Å². The Kier molecular flexibility index (Phi) is 6.57. The summed E-state index contributed by atoms with van der Waals surface area (Å²) >= 11 is 5.96. The molecule has 1 aliphatic heterocycles. The maximum absolute atomic E-state index is 13.2. The average Bonchev–Trinajstić information content (AvgIpc) is 2.94. The van der Waals surface area contributed by atoms with Crippen LogP contribution in [0.5, 0.6) is 0 Å². The fraction of sp³-hybridized carbons (Fsp3) is 0.364. The lowest BCUT2D eigenvalue weighted by atomic mass is 9.87. The molecule has 0 spiro atoms. The van der Waals surface area contributed by atoms with E-state index in [1.807, 2.05) is 49.2 Å². The highest BCUT2D eigenvalue weighted by atomic mass is 35.5. The molecular formula is C22H26ClN3O3. The lowest BCUT2D eigenvalue weighted by Crippen LogP contribution is -2.45. The highest BCUT2D eigenvalue weighted by molar-refractivity contribution is 6.30. The van der Waals surface area contributed by atoms with Crippen LogP contribution in [-0.4, -0.2) is 53.1 Å². The number of aliphatic hydroxyl groups excluding tert-OH is 1. The minimum Gasteiger partial charge on any atom is -0.390 e. The van der Waals surface area contributed by atoms with Gasteiger partial charge in [0, 0.05) is 18.1 Å². The molecule has 29 heavy (non-hydrogen) atoms. The van der Waals surface area contributed by atoms with E-state index in [0.29, 0.717) is 30.1 Å². The van der Waals surface area contributed by atoms with Crippen LogP contribution in [0.25, 0.3) is 0 Å². The van der Waals surface area contributed by atoms with Gasteiger partial charge in [-0.3, -0.25) is 14.6 Å². The summed E-state index contributed by atoms with van der Waals surface area (Å²) in [5, 5.41) is 13.9. The number of amides is 3. The number of hydrogen-bond acceptors (Lipinski definition) is 4. The van der Waals surface area contributed by atoms with Gasteiger partial charge in [0.15, 0.2) is 0 Å². The first-order valence-corrected chi connectivity index (χ1v) is 10.0. The SMILES string of the molecule is CCC1(c2ccc(Cl)cc2)NC(=O)N(CC(O)CN(C)Cc2ccccc2)C1=O. The molecule has 0 radical (unpaired) electrons. The summed E-state index contributed by atoms with van der Waals surface area (Å²) in [5.74, 6) is -0.350. The summed E-state index contributed by atoms with van der Waals surface area (Å²) in [5.41, 5.74) is 0.683. The first-order valence-electron chi connectivity index (χ1n) is 9.66. The van der Waals surface area contributed by atoms with Crippen LogP contribution in [-0.2, 0) is 16.9 Å². The molecule has 1 saturated heterocycles. The number of imide groups is 1. The van der Waals surface area contributed by atoms with Crippen LogP contribution in [0.3, 0.4) is 0 Å². The van der Waals surface area contributed by atoms with Crippen LogP contribution in [0.1, 0.15) is 24.5 Å². The second-order valence-corrected chi connectivity index (χ2v) is 7.88. The van der Waals surface area contributed by atoms with Crippen LogP contribution < -0.4 is 5.32 Å². The molecule has 7 heteroatoms. The number of rotatable bonds is 8. The van der Waals surface area contributed by atoms with Crippen molar-refractivity contribution in [1.29, 1.82) is 0 Å². The second kappa shape index (κ2) is 8.95. The Hall–Kier alpha value is -2.41. The Morgan fingerprint density at radius 2 is 1.79 bits per heavy atom. The fourth-order valence-electron chi connectivity index (χ4n) is 3.75. The molecule has 154 valence electrons. The molecule has 3 rings (SSSR count). The second-order valence-electron chi connectivity index (χ2n) is 7.45. The minimum absolute atomic E-state index is 0.0564. The summed E-state index contributed by atoms with van der Waals surface area (Å²) in [7, 11) is 1.89. The van der Waals surface area contributed by atoms with E-state index in [0.717, 1.165) is 10.5 Å². The molecule has 1 aliphatic rings. The van der Waals surface area contributed by atoms with Crippen molar-refractivity contribution in [3.63, 3.8) is 0 Å². The number of hydrogen-bond donors (Lipinski definition) is 2. The summed E-state index contributed by atoms with van der Waals surface area (Å²) in [6.07, 6.45) is -0.448. The molecule has 2 atom stereocenters. The fourth-order valence-corrected chi connectivity index (χ4v) is 3.88. The van der Waals surface area contributed by atoms with E-state index in [4.69, 9.17) is 11.6 Å². The van der Waals surface area contributed by atoms with Gasteiger partial charge in [-0.05, 0) is 36.7 Å². The summed E-state index contributed by atoms with van der Waals surface area (Å²) in [6.45, 7) is 2.80. The molecule has 2 N–H and O–H groups in total. The summed E-state index contributed by atoms with van der Waals surface area (Å²) < 4.78 is 0. The van der Waals surface area contributed by atoms with Gasteiger partial charge >= 0.3 is 6.03 Å². The molecule has 2 aromatic rings. The number of carbonyl (C=O) groups excluding carboxylic acids is 2. The minimum atomic E-state index is -1.13. The molecular weight excluding hydrogens is 390 g/mol. The van der Waals surface area contributed by atoms with Crippen molar-refractivity contribution < 1.29 is 14.7 Å². The molecule has 2 aromatic carbocycles. The first-order chi connectivity index (χ1) is 13.9. The van der Waals surface area contributed by atoms with Crippen LogP contribution in [0.2, 0.25) is 5.02 Å². The number of benzene rings is 2. The molecule has 0 aliphatic carbocycles. The molecule has 3 amide bonds. The third-order valence-electron chi connectivity index (χ3n) is 5.25. The van der Waals surface area contributed by atoms with Crippen LogP contribution in [0.4, 0.5) is 4.79 Å². The van der Waals surface area contributed by atoms with E-state index in [-0.39, 0.29) is 12.5 Å². The largest absolute Gasteiger partial charge is 0.390 e. The zero-order valence-corrected chi connectivity index (χ0v) is 17.4. The molecule has 2 unspecified atom stereocenters. The smallest absolute Gasteiger partial charge is 0.325 e. The third-order valence-corrected chi connectivity index (χ3v) is 5.51. The number of halogens is 1. The Morgan fingerprint density at radius 1 is 1.14 bits per heavy atom. The standard InChI is InChI=1S/C22H26ClN3O3/c1-3-22(17-9-11-18(23)12-10-17)20(28)26(21(29)24-22)15-19(27)14-25(2)13-16-7-5-4-6-8-16/h4-12,19,27H,3,13-15H2,1-2H3,(H,24,29). The topological polar surface area (TPSA) is 72.9 Å². The lowest BCUT2D eigenvalue weighted by molar-refractivity contribution is -0.132. The van der Waals surface area contributed by atoms with Crippen molar-refractivity contribution >= 4 is 23.5 Å². The van der Waals surface area contributed by atoms with E-state index in [1.54, 1.807) is 24.3 Å². The zero-order valence-electron chi connectivity index (χ0n) is 16.6. The third kappa shape index (κ3) is 4.61. The van der Waals surface area contributed by atoms with E-state index >= 15 is 0 Å². The van der Waals surface area contributed by atoms with Crippen molar-refractivity contribution in [1.82, 2.24) is 15.1 Å². The number of likely N-dealkylation sites (N-methyl/N-ethyl adjacent to an activating group) is 1. The monoisotopic (exact) mass is 415 g/mol. The molecule has 0 saturated carbocycles. The van der Waals surface area contributed by atoms with Gasteiger partial charge in [-0.2, -0.15) is 0 Å². The van der Waals surface area contributed by atoms with Crippen molar-refractivity contribution in [2.75, 3.05) is 20.1 Å². The van der Waals surface area contributed by atoms with E-state index in [2.05, 4.69) is 5.32 Å². The lowest BCUT2D eigenvalue weighted by Gasteiger charge is -2.27. The maximum atomic E-state index is 13.2. The van der Waals surface area contributed by atoms with Gasteiger partial charge in [-0.1, -0.05) is 61.0 Å². The van der Waals surface area contributed by atoms with Crippen LogP contribution in [0, 0.1) is 0 Å². The first kappa shape index (κ1) is 21.3. The number of β-amino-alcohol motifs (C(OH)–C–C–N with tert-alkyl or cyclic N) is 1. The van der Waals surface area contributed by atoms with Crippen LogP contribution >= 0.6 is 11.6 Å². The van der Waals surface area contributed by atoms with Gasteiger partial charge in [0.1, 0.15) is 5.54 Å². The Morgan fingerprint density at radius 3 is 2.41 bits per heavy atom. The predicted octanol–water partition coefficient (Wildman–Crippen LogP) is 2.99.